The van der Waals surface area contributed by atoms with Gasteiger partial charge in [0.2, 0.25) is 0 Å². The smallest absolute Gasteiger partial charge is 0.0650 e. The quantitative estimate of drug-likeness (QED) is 0.690. The number of rotatable bonds is 7. The lowest BCUT2D eigenvalue weighted by molar-refractivity contribution is 0.160. The predicted octanol–water partition coefficient (Wildman–Crippen LogP) is 2.33. The lowest BCUT2D eigenvalue weighted by atomic mass is 10.2. The van der Waals surface area contributed by atoms with Crippen molar-refractivity contribution in [3.05, 3.63) is 42.0 Å². The van der Waals surface area contributed by atoms with E-state index in [1.54, 1.807) is 0 Å². The summed E-state index contributed by atoms with van der Waals surface area (Å²) in [6.45, 7) is 2.53. The van der Waals surface area contributed by atoms with Crippen molar-refractivity contribution in [2.45, 2.75) is 6.42 Å². The van der Waals surface area contributed by atoms with Crippen molar-refractivity contribution in [1.29, 1.82) is 0 Å². The summed E-state index contributed by atoms with van der Waals surface area (Å²) in [5.41, 5.74) is 1.22. The van der Waals surface area contributed by atoms with Crippen molar-refractivity contribution < 1.29 is 4.74 Å². The van der Waals surface area contributed by atoms with Gasteiger partial charge in [-0.05, 0) is 25.6 Å². The number of hydrogen-bond donors (Lipinski definition) is 1. The number of hydrogen-bond acceptors (Lipinski definition) is 2. The van der Waals surface area contributed by atoms with Gasteiger partial charge in [0, 0.05) is 6.61 Å². The van der Waals surface area contributed by atoms with Gasteiger partial charge in [-0.1, -0.05) is 42.5 Å². The molecule has 0 bridgehead atoms. The SMILES string of the molecule is CNCCCOCC=Cc1ccccc1. The second-order valence-corrected chi connectivity index (χ2v) is 3.35. The van der Waals surface area contributed by atoms with Crippen LogP contribution in [-0.4, -0.2) is 26.8 Å². The minimum absolute atomic E-state index is 0.693. The number of benzene rings is 1. The van der Waals surface area contributed by atoms with E-state index in [2.05, 4.69) is 29.6 Å². The third kappa shape index (κ3) is 6.05. The molecule has 0 saturated carbocycles. The highest BCUT2D eigenvalue weighted by molar-refractivity contribution is 5.48. The Kier molecular flexibility index (Phi) is 6.54. The van der Waals surface area contributed by atoms with Crippen LogP contribution in [0.2, 0.25) is 0 Å². The zero-order valence-electron chi connectivity index (χ0n) is 9.28. The Hall–Kier alpha value is -1.12. The summed E-state index contributed by atoms with van der Waals surface area (Å²) in [5.74, 6) is 0. The summed E-state index contributed by atoms with van der Waals surface area (Å²) in [7, 11) is 1.95. The average molecular weight is 205 g/mol. The molecule has 0 fully saturated rings. The zero-order valence-corrected chi connectivity index (χ0v) is 9.28. The molecule has 15 heavy (non-hydrogen) atoms. The van der Waals surface area contributed by atoms with E-state index in [4.69, 9.17) is 4.74 Å². The number of nitrogens with one attached hydrogen (secondary N) is 1. The summed E-state index contributed by atoms with van der Waals surface area (Å²) >= 11 is 0. The lowest BCUT2D eigenvalue weighted by Crippen LogP contribution is -2.10. The molecule has 0 amide bonds. The van der Waals surface area contributed by atoms with Gasteiger partial charge in [-0.25, -0.2) is 0 Å². The van der Waals surface area contributed by atoms with Crippen LogP contribution in [0.4, 0.5) is 0 Å². The van der Waals surface area contributed by atoms with Crippen molar-refractivity contribution in [1.82, 2.24) is 5.32 Å². The summed E-state index contributed by atoms with van der Waals surface area (Å²) in [6.07, 6.45) is 5.20. The second-order valence-electron chi connectivity index (χ2n) is 3.35. The Morgan fingerprint density at radius 1 is 1.27 bits per heavy atom. The molecule has 1 aromatic carbocycles. The largest absolute Gasteiger partial charge is 0.377 e. The van der Waals surface area contributed by atoms with Gasteiger partial charge in [0.05, 0.1) is 6.61 Å². The molecule has 1 N–H and O–H groups in total. The van der Waals surface area contributed by atoms with Gasteiger partial charge in [-0.3, -0.25) is 0 Å². The fraction of sp³-hybridized carbons (Fsp3) is 0.385. The van der Waals surface area contributed by atoms with Crippen LogP contribution in [0, 0.1) is 0 Å². The Morgan fingerprint density at radius 2 is 2.07 bits per heavy atom. The molecule has 0 atom stereocenters. The van der Waals surface area contributed by atoms with Gasteiger partial charge in [0.1, 0.15) is 0 Å². The van der Waals surface area contributed by atoms with Gasteiger partial charge in [0.25, 0.3) is 0 Å². The third-order valence-electron chi connectivity index (χ3n) is 2.04. The van der Waals surface area contributed by atoms with Crippen LogP contribution in [0.1, 0.15) is 12.0 Å². The van der Waals surface area contributed by atoms with E-state index < -0.39 is 0 Å². The van der Waals surface area contributed by atoms with Crippen molar-refractivity contribution >= 4 is 6.08 Å². The first-order valence-electron chi connectivity index (χ1n) is 5.37. The normalized spacial score (nSPS) is 11.0. The molecule has 1 aromatic rings. The molecule has 1 rings (SSSR count). The first kappa shape index (κ1) is 12.0. The first-order chi connectivity index (χ1) is 7.43. The highest BCUT2D eigenvalue weighted by atomic mass is 16.5. The highest BCUT2D eigenvalue weighted by Crippen LogP contribution is 2.00. The van der Waals surface area contributed by atoms with E-state index in [-0.39, 0.29) is 0 Å². The molecule has 0 aromatic heterocycles. The summed E-state index contributed by atoms with van der Waals surface area (Å²) in [4.78, 5) is 0. The van der Waals surface area contributed by atoms with E-state index in [0.717, 1.165) is 19.6 Å². The van der Waals surface area contributed by atoms with E-state index in [1.165, 1.54) is 5.56 Å². The standard InChI is InChI=1S/C13H19NO/c1-14-10-6-12-15-11-5-9-13-7-3-2-4-8-13/h2-5,7-9,14H,6,10-12H2,1H3. The van der Waals surface area contributed by atoms with Crippen LogP contribution in [0.3, 0.4) is 0 Å². The summed E-state index contributed by atoms with van der Waals surface area (Å²) in [6, 6.07) is 10.3. The van der Waals surface area contributed by atoms with Crippen LogP contribution in [0.15, 0.2) is 36.4 Å². The predicted molar refractivity (Wildman–Crippen MR) is 64.8 cm³/mol. The Labute approximate surface area is 92.0 Å². The molecule has 2 heteroatoms. The Bertz CT molecular complexity index is 269. The Morgan fingerprint density at radius 3 is 2.80 bits per heavy atom. The van der Waals surface area contributed by atoms with Crippen LogP contribution in [0.5, 0.6) is 0 Å². The van der Waals surface area contributed by atoms with Gasteiger partial charge >= 0.3 is 0 Å². The van der Waals surface area contributed by atoms with E-state index in [9.17, 15) is 0 Å². The highest BCUT2D eigenvalue weighted by Gasteiger charge is 1.85. The van der Waals surface area contributed by atoms with Gasteiger partial charge in [0.15, 0.2) is 0 Å². The van der Waals surface area contributed by atoms with Crippen LogP contribution < -0.4 is 5.32 Å². The molecule has 0 heterocycles. The molecule has 0 unspecified atom stereocenters. The van der Waals surface area contributed by atoms with Crippen LogP contribution in [0.25, 0.3) is 6.08 Å². The Balaban J connectivity index is 2.07. The van der Waals surface area contributed by atoms with E-state index in [0.29, 0.717) is 6.61 Å². The molecule has 0 aliphatic heterocycles. The van der Waals surface area contributed by atoms with Crippen LogP contribution >= 0.6 is 0 Å². The second kappa shape index (κ2) is 8.21. The molecule has 0 spiro atoms. The zero-order chi connectivity index (χ0) is 10.8. The maximum atomic E-state index is 5.43. The van der Waals surface area contributed by atoms with Crippen molar-refractivity contribution in [2.24, 2.45) is 0 Å². The van der Waals surface area contributed by atoms with E-state index in [1.807, 2.05) is 25.2 Å². The monoisotopic (exact) mass is 205 g/mol. The average Bonchev–Trinajstić information content (AvgIpc) is 2.29. The molecule has 2 nitrogen and oxygen atoms in total. The van der Waals surface area contributed by atoms with Gasteiger partial charge in [-0.2, -0.15) is 0 Å². The minimum atomic E-state index is 0.693. The summed E-state index contributed by atoms with van der Waals surface area (Å²) < 4.78 is 5.43. The molecular formula is C13H19NO. The first-order valence-corrected chi connectivity index (χ1v) is 5.37. The molecule has 0 radical (unpaired) electrons. The molecule has 0 aliphatic carbocycles. The maximum Gasteiger partial charge on any atom is 0.0650 e. The fourth-order valence-electron chi connectivity index (χ4n) is 1.25. The molecule has 0 aliphatic rings. The topological polar surface area (TPSA) is 21.3 Å². The van der Waals surface area contributed by atoms with Crippen molar-refractivity contribution in [3.63, 3.8) is 0 Å². The fourth-order valence-corrected chi connectivity index (χ4v) is 1.25. The third-order valence-corrected chi connectivity index (χ3v) is 2.04. The van der Waals surface area contributed by atoms with Gasteiger partial charge in [-0.15, -0.1) is 0 Å². The number of ether oxygens (including phenoxy) is 1. The molecular weight excluding hydrogens is 186 g/mol. The maximum absolute atomic E-state index is 5.43. The van der Waals surface area contributed by atoms with Crippen LogP contribution in [-0.2, 0) is 4.74 Å². The molecule has 0 saturated heterocycles. The lowest BCUT2D eigenvalue weighted by Gasteiger charge is -1.99. The summed E-state index contributed by atoms with van der Waals surface area (Å²) in [5, 5.41) is 3.09. The van der Waals surface area contributed by atoms with E-state index >= 15 is 0 Å². The van der Waals surface area contributed by atoms with Crippen molar-refractivity contribution in [3.8, 4) is 0 Å². The minimum Gasteiger partial charge on any atom is -0.377 e. The van der Waals surface area contributed by atoms with Crippen molar-refractivity contribution in [2.75, 3.05) is 26.8 Å². The van der Waals surface area contributed by atoms with Gasteiger partial charge < -0.3 is 10.1 Å². The molecule has 82 valence electrons.